The number of β-amino-alcohol motifs (C(OH)–C–C–N with tert-alkyl or cyclic N) is 1. The minimum absolute atomic E-state index is 0.00287. The number of nitrogens with zero attached hydrogens (tertiary/aromatic N) is 4. The molecule has 2 N–H and O–H groups in total. The summed E-state index contributed by atoms with van der Waals surface area (Å²) in [4.78, 5) is 1.79. The third-order valence-corrected chi connectivity index (χ3v) is 3.58. The van der Waals surface area contributed by atoms with Gasteiger partial charge in [-0.1, -0.05) is 6.07 Å². The van der Waals surface area contributed by atoms with Crippen molar-refractivity contribution in [3.63, 3.8) is 0 Å². The third kappa shape index (κ3) is 1.90. The summed E-state index contributed by atoms with van der Waals surface area (Å²) in [5.41, 5.74) is -0.190. The molecule has 0 spiro atoms. The molecule has 0 bridgehead atoms. The van der Waals surface area contributed by atoms with Gasteiger partial charge in [0.2, 0.25) is 0 Å². The second kappa shape index (κ2) is 4.58. The molecular formula is C13H12FN5O. The first kappa shape index (κ1) is 12.6. The first-order chi connectivity index (χ1) is 9.64. The van der Waals surface area contributed by atoms with Gasteiger partial charge in [0, 0.05) is 13.0 Å². The molecule has 7 heteroatoms. The molecule has 1 aromatic heterocycles. The number of hydrogen-bond donors (Lipinski definition) is 2. The quantitative estimate of drug-likeness (QED) is 0.849. The van der Waals surface area contributed by atoms with E-state index in [2.05, 4.69) is 15.4 Å². The van der Waals surface area contributed by atoms with E-state index in [1.54, 1.807) is 17.0 Å². The van der Waals surface area contributed by atoms with E-state index in [1.807, 2.05) is 6.07 Å². The SMILES string of the molecule is N#Cc1c(F)cccc1N1CCC(O)(c2cn[nH]n2)C1. The third-order valence-electron chi connectivity index (χ3n) is 3.58. The molecule has 1 aliphatic rings. The minimum Gasteiger partial charge on any atom is -0.381 e. The average Bonchev–Trinajstić information content (AvgIpc) is 3.08. The number of benzene rings is 1. The van der Waals surface area contributed by atoms with E-state index >= 15 is 0 Å². The zero-order chi connectivity index (χ0) is 14.2. The molecule has 0 radical (unpaired) electrons. The van der Waals surface area contributed by atoms with Gasteiger partial charge in [-0.2, -0.15) is 20.7 Å². The van der Waals surface area contributed by atoms with E-state index in [0.29, 0.717) is 24.3 Å². The lowest BCUT2D eigenvalue weighted by molar-refractivity contribution is 0.0560. The van der Waals surface area contributed by atoms with Gasteiger partial charge < -0.3 is 10.0 Å². The Morgan fingerprint density at radius 3 is 3.05 bits per heavy atom. The van der Waals surface area contributed by atoms with Crippen LogP contribution in [-0.4, -0.2) is 33.6 Å². The molecule has 3 rings (SSSR count). The lowest BCUT2D eigenvalue weighted by Gasteiger charge is -2.23. The average molecular weight is 273 g/mol. The highest BCUT2D eigenvalue weighted by molar-refractivity contribution is 5.60. The Morgan fingerprint density at radius 2 is 2.35 bits per heavy atom. The molecule has 6 nitrogen and oxygen atoms in total. The van der Waals surface area contributed by atoms with Crippen LogP contribution in [0.2, 0.25) is 0 Å². The number of aromatic amines is 1. The molecular weight excluding hydrogens is 261 g/mol. The van der Waals surface area contributed by atoms with Gasteiger partial charge in [-0.15, -0.1) is 0 Å². The molecule has 1 unspecified atom stereocenters. The summed E-state index contributed by atoms with van der Waals surface area (Å²) >= 11 is 0. The number of anilines is 1. The van der Waals surface area contributed by atoms with E-state index in [9.17, 15) is 9.50 Å². The standard InChI is InChI=1S/C13H12FN5O/c14-10-2-1-3-11(9(10)6-15)19-5-4-13(20,8-19)12-7-16-18-17-12/h1-3,7,20H,4-5,8H2,(H,16,17,18). The molecule has 1 aliphatic heterocycles. The van der Waals surface area contributed by atoms with Crippen molar-refractivity contribution in [2.24, 2.45) is 0 Å². The van der Waals surface area contributed by atoms with Gasteiger partial charge in [0.25, 0.3) is 0 Å². The van der Waals surface area contributed by atoms with E-state index in [1.165, 1.54) is 12.3 Å². The lowest BCUT2D eigenvalue weighted by Crippen LogP contribution is -2.31. The predicted molar refractivity (Wildman–Crippen MR) is 68.2 cm³/mol. The number of nitriles is 1. The molecule has 0 amide bonds. The van der Waals surface area contributed by atoms with Gasteiger partial charge in [0.15, 0.2) is 0 Å². The van der Waals surface area contributed by atoms with Crippen molar-refractivity contribution in [1.82, 2.24) is 15.4 Å². The summed E-state index contributed by atoms with van der Waals surface area (Å²) in [5, 5.41) is 29.7. The Hall–Kier alpha value is -2.46. The van der Waals surface area contributed by atoms with Gasteiger partial charge in [-0.3, -0.25) is 0 Å². The van der Waals surface area contributed by atoms with Gasteiger partial charge in [0.1, 0.15) is 28.7 Å². The fraction of sp³-hybridized carbons (Fsp3) is 0.308. The largest absolute Gasteiger partial charge is 0.381 e. The maximum absolute atomic E-state index is 13.6. The molecule has 2 heterocycles. The Labute approximate surface area is 114 Å². The number of hydrogen-bond acceptors (Lipinski definition) is 5. The van der Waals surface area contributed by atoms with E-state index in [0.717, 1.165) is 0 Å². The highest BCUT2D eigenvalue weighted by Gasteiger charge is 2.40. The molecule has 2 aromatic rings. The summed E-state index contributed by atoms with van der Waals surface area (Å²) in [6, 6.07) is 6.35. The van der Waals surface area contributed by atoms with E-state index in [-0.39, 0.29) is 12.1 Å². The first-order valence-electron chi connectivity index (χ1n) is 6.16. The zero-order valence-corrected chi connectivity index (χ0v) is 10.5. The van der Waals surface area contributed by atoms with Crippen molar-refractivity contribution >= 4 is 5.69 Å². The van der Waals surface area contributed by atoms with Crippen molar-refractivity contribution < 1.29 is 9.50 Å². The van der Waals surface area contributed by atoms with Crippen LogP contribution in [0.1, 0.15) is 17.7 Å². The lowest BCUT2D eigenvalue weighted by atomic mass is 10.00. The Morgan fingerprint density at radius 1 is 1.50 bits per heavy atom. The fourth-order valence-corrected chi connectivity index (χ4v) is 2.52. The summed E-state index contributed by atoms with van der Waals surface area (Å²) in [7, 11) is 0. The Kier molecular flexibility index (Phi) is 2.88. The van der Waals surface area contributed by atoms with Gasteiger partial charge in [-0.25, -0.2) is 4.39 Å². The molecule has 1 saturated heterocycles. The van der Waals surface area contributed by atoms with Crippen LogP contribution in [0, 0.1) is 17.1 Å². The van der Waals surface area contributed by atoms with Crippen LogP contribution < -0.4 is 4.90 Å². The second-order valence-corrected chi connectivity index (χ2v) is 4.80. The van der Waals surface area contributed by atoms with Crippen LogP contribution in [0.15, 0.2) is 24.4 Å². The van der Waals surface area contributed by atoms with Crippen LogP contribution in [0.25, 0.3) is 0 Å². The van der Waals surface area contributed by atoms with Crippen molar-refractivity contribution in [1.29, 1.82) is 5.26 Å². The van der Waals surface area contributed by atoms with Crippen LogP contribution in [-0.2, 0) is 5.60 Å². The minimum atomic E-state index is -1.13. The molecule has 1 fully saturated rings. The normalized spacial score (nSPS) is 21.9. The highest BCUT2D eigenvalue weighted by atomic mass is 19.1. The number of aliphatic hydroxyl groups is 1. The van der Waals surface area contributed by atoms with E-state index < -0.39 is 11.4 Å². The number of aromatic nitrogens is 3. The predicted octanol–water partition coefficient (Wildman–Crippen LogP) is 0.913. The Bertz CT molecular complexity index is 666. The molecule has 1 aromatic carbocycles. The molecule has 1 atom stereocenters. The van der Waals surface area contributed by atoms with Gasteiger partial charge in [-0.05, 0) is 12.1 Å². The molecule has 0 saturated carbocycles. The fourth-order valence-electron chi connectivity index (χ4n) is 2.52. The maximum Gasteiger partial charge on any atom is 0.143 e. The van der Waals surface area contributed by atoms with Gasteiger partial charge >= 0.3 is 0 Å². The molecule has 0 aliphatic carbocycles. The van der Waals surface area contributed by atoms with Crippen molar-refractivity contribution in [2.75, 3.05) is 18.0 Å². The summed E-state index contributed by atoms with van der Waals surface area (Å²) in [6.45, 7) is 0.763. The van der Waals surface area contributed by atoms with Crippen molar-refractivity contribution in [2.45, 2.75) is 12.0 Å². The summed E-state index contributed by atoms with van der Waals surface area (Å²) < 4.78 is 13.6. The Balaban J connectivity index is 1.92. The maximum atomic E-state index is 13.6. The first-order valence-corrected chi connectivity index (χ1v) is 6.16. The molecule has 102 valence electrons. The highest BCUT2D eigenvalue weighted by Crippen LogP contribution is 2.34. The number of halogens is 1. The van der Waals surface area contributed by atoms with Crippen molar-refractivity contribution in [3.05, 3.63) is 41.5 Å². The topological polar surface area (TPSA) is 88.8 Å². The van der Waals surface area contributed by atoms with E-state index in [4.69, 9.17) is 5.26 Å². The van der Waals surface area contributed by atoms with Crippen LogP contribution in [0.3, 0.4) is 0 Å². The van der Waals surface area contributed by atoms with Crippen LogP contribution >= 0.6 is 0 Å². The number of rotatable bonds is 2. The smallest absolute Gasteiger partial charge is 0.143 e. The molecule has 20 heavy (non-hydrogen) atoms. The number of nitrogens with one attached hydrogen (secondary N) is 1. The zero-order valence-electron chi connectivity index (χ0n) is 10.5. The van der Waals surface area contributed by atoms with Crippen LogP contribution in [0.5, 0.6) is 0 Å². The monoisotopic (exact) mass is 273 g/mol. The van der Waals surface area contributed by atoms with Crippen LogP contribution in [0.4, 0.5) is 10.1 Å². The summed E-state index contributed by atoms with van der Waals surface area (Å²) in [5.74, 6) is -0.554. The van der Waals surface area contributed by atoms with Gasteiger partial charge in [0.05, 0.1) is 18.4 Å². The second-order valence-electron chi connectivity index (χ2n) is 4.80. The van der Waals surface area contributed by atoms with Crippen molar-refractivity contribution in [3.8, 4) is 6.07 Å². The summed E-state index contributed by atoms with van der Waals surface area (Å²) in [6.07, 6.45) is 1.92. The number of H-pyrrole nitrogens is 1.